The van der Waals surface area contributed by atoms with E-state index < -0.39 is 0 Å². The third kappa shape index (κ3) is 4.36. The lowest BCUT2D eigenvalue weighted by molar-refractivity contribution is -0.117. The zero-order chi connectivity index (χ0) is 12.8. The molecule has 0 amide bonds. The van der Waals surface area contributed by atoms with Gasteiger partial charge < -0.3 is 14.6 Å². The highest BCUT2D eigenvalue weighted by Gasteiger charge is 2.25. The molecule has 2 saturated heterocycles. The van der Waals surface area contributed by atoms with Crippen LogP contribution >= 0.6 is 0 Å². The van der Waals surface area contributed by atoms with E-state index in [4.69, 9.17) is 0 Å². The molecule has 0 bridgehead atoms. The Morgan fingerprint density at radius 2 is 1.72 bits per heavy atom. The van der Waals surface area contributed by atoms with Gasteiger partial charge in [-0.15, -0.1) is 0 Å². The average molecular weight is 252 g/mol. The van der Waals surface area contributed by atoms with E-state index in [1.54, 1.807) is 6.92 Å². The first-order valence-corrected chi connectivity index (χ1v) is 7.71. The van der Waals surface area contributed by atoms with Gasteiger partial charge in [-0.25, -0.2) is 0 Å². The smallest absolute Gasteiger partial charge is 0.129 e. The van der Waals surface area contributed by atoms with Crippen LogP contribution in [0.4, 0.5) is 0 Å². The van der Waals surface area contributed by atoms with Crippen molar-refractivity contribution in [1.29, 1.82) is 0 Å². The molecule has 0 atom stereocenters. The fourth-order valence-corrected chi connectivity index (χ4v) is 3.34. The van der Waals surface area contributed by atoms with Crippen LogP contribution in [0, 0.1) is 0 Å². The lowest BCUT2D eigenvalue weighted by Crippen LogP contribution is -2.46. The molecule has 104 valence electrons. The van der Waals surface area contributed by atoms with Crippen molar-refractivity contribution < 1.29 is 4.79 Å². The number of carbonyl (C=O) groups is 1. The Labute approximate surface area is 112 Å². The zero-order valence-corrected chi connectivity index (χ0v) is 11.9. The Kier molecular flexibility index (Phi) is 5.64. The predicted octanol–water partition coefficient (Wildman–Crippen LogP) is 2.31. The first-order chi connectivity index (χ1) is 8.75. The summed E-state index contributed by atoms with van der Waals surface area (Å²) in [6.45, 7) is 7.94. The fourth-order valence-electron chi connectivity index (χ4n) is 3.34. The second-order valence-corrected chi connectivity index (χ2v) is 5.98. The van der Waals surface area contributed by atoms with Crippen molar-refractivity contribution in [3.63, 3.8) is 0 Å². The van der Waals surface area contributed by atoms with Crippen LogP contribution < -0.4 is 0 Å². The van der Waals surface area contributed by atoms with Gasteiger partial charge in [-0.05, 0) is 71.8 Å². The molecular weight excluding hydrogens is 224 g/mol. The van der Waals surface area contributed by atoms with Crippen molar-refractivity contribution in [2.45, 2.75) is 57.9 Å². The molecule has 18 heavy (non-hydrogen) atoms. The summed E-state index contributed by atoms with van der Waals surface area (Å²) in [5.41, 5.74) is 0. The fraction of sp³-hybridized carbons (Fsp3) is 0.933. The van der Waals surface area contributed by atoms with Crippen molar-refractivity contribution in [1.82, 2.24) is 9.80 Å². The molecule has 0 N–H and O–H groups in total. The number of nitrogens with zero attached hydrogens (tertiary/aromatic N) is 2. The summed E-state index contributed by atoms with van der Waals surface area (Å²) in [5.74, 6) is 0.332. The Bertz CT molecular complexity index is 253. The second kappa shape index (κ2) is 7.25. The third-order valence-electron chi connectivity index (χ3n) is 4.47. The lowest BCUT2D eigenvalue weighted by atomic mass is 9.99. The average Bonchev–Trinajstić information content (AvgIpc) is 2.40. The van der Waals surface area contributed by atoms with Crippen LogP contribution in [0.25, 0.3) is 0 Å². The maximum atomic E-state index is 10.9. The van der Waals surface area contributed by atoms with Crippen LogP contribution in [0.1, 0.15) is 51.9 Å². The van der Waals surface area contributed by atoms with Crippen molar-refractivity contribution in [2.75, 3.05) is 32.7 Å². The molecule has 2 aliphatic rings. The van der Waals surface area contributed by atoms with E-state index in [0.717, 1.165) is 25.4 Å². The first-order valence-electron chi connectivity index (χ1n) is 7.71. The number of likely N-dealkylation sites (tertiary alicyclic amines) is 2. The number of carbonyl (C=O) groups excluding carboxylic acids is 1. The molecule has 0 radical (unpaired) electrons. The lowest BCUT2D eigenvalue weighted by Gasteiger charge is -2.40. The van der Waals surface area contributed by atoms with E-state index in [-0.39, 0.29) is 0 Å². The number of hydrogen-bond acceptors (Lipinski definition) is 3. The topological polar surface area (TPSA) is 23.6 Å². The van der Waals surface area contributed by atoms with E-state index in [1.807, 2.05) is 0 Å². The molecule has 0 aromatic heterocycles. The highest BCUT2D eigenvalue weighted by Crippen LogP contribution is 2.20. The van der Waals surface area contributed by atoms with E-state index in [1.165, 1.54) is 58.3 Å². The van der Waals surface area contributed by atoms with Crippen LogP contribution in [-0.4, -0.2) is 54.3 Å². The molecule has 2 fully saturated rings. The summed E-state index contributed by atoms with van der Waals surface area (Å²) in [6.07, 6.45) is 8.70. The Hall–Kier alpha value is -0.410. The van der Waals surface area contributed by atoms with Crippen LogP contribution in [0.3, 0.4) is 0 Å². The van der Waals surface area contributed by atoms with Crippen molar-refractivity contribution in [2.24, 2.45) is 0 Å². The van der Waals surface area contributed by atoms with Gasteiger partial charge in [-0.3, -0.25) is 0 Å². The first kappa shape index (κ1) is 14.0. The number of ketones is 1. The van der Waals surface area contributed by atoms with Gasteiger partial charge in [0.05, 0.1) is 0 Å². The highest BCUT2D eigenvalue weighted by atomic mass is 16.1. The van der Waals surface area contributed by atoms with Crippen LogP contribution in [-0.2, 0) is 4.79 Å². The van der Waals surface area contributed by atoms with Crippen molar-refractivity contribution in [3.8, 4) is 0 Å². The Morgan fingerprint density at radius 3 is 2.33 bits per heavy atom. The minimum atomic E-state index is 0.332. The van der Waals surface area contributed by atoms with E-state index in [9.17, 15) is 4.79 Å². The molecule has 0 aromatic carbocycles. The highest BCUT2D eigenvalue weighted by molar-refractivity contribution is 5.75. The zero-order valence-electron chi connectivity index (χ0n) is 11.9. The van der Waals surface area contributed by atoms with Gasteiger partial charge in [0.1, 0.15) is 5.78 Å². The summed E-state index contributed by atoms with van der Waals surface area (Å²) < 4.78 is 0. The van der Waals surface area contributed by atoms with E-state index >= 15 is 0 Å². The number of hydrogen-bond donors (Lipinski definition) is 0. The molecule has 0 spiro atoms. The minimum absolute atomic E-state index is 0.332. The monoisotopic (exact) mass is 252 g/mol. The molecule has 0 unspecified atom stereocenters. The SMILES string of the molecule is CC(=O)CCCN1CCC(N2CCCCC2)CC1. The van der Waals surface area contributed by atoms with Gasteiger partial charge in [-0.2, -0.15) is 0 Å². The van der Waals surface area contributed by atoms with Gasteiger partial charge in [-0.1, -0.05) is 6.42 Å². The molecule has 3 nitrogen and oxygen atoms in total. The number of rotatable bonds is 5. The third-order valence-corrected chi connectivity index (χ3v) is 4.47. The van der Waals surface area contributed by atoms with Gasteiger partial charge in [0, 0.05) is 12.5 Å². The predicted molar refractivity (Wildman–Crippen MR) is 74.8 cm³/mol. The minimum Gasteiger partial charge on any atom is -0.303 e. The molecule has 2 aliphatic heterocycles. The molecule has 2 rings (SSSR count). The quantitative estimate of drug-likeness (QED) is 0.750. The largest absolute Gasteiger partial charge is 0.303 e. The van der Waals surface area contributed by atoms with E-state index in [0.29, 0.717) is 5.78 Å². The normalized spacial score (nSPS) is 24.3. The van der Waals surface area contributed by atoms with Crippen molar-refractivity contribution in [3.05, 3.63) is 0 Å². The molecule has 0 saturated carbocycles. The van der Waals surface area contributed by atoms with Crippen LogP contribution in [0.5, 0.6) is 0 Å². The number of piperidine rings is 2. The maximum Gasteiger partial charge on any atom is 0.129 e. The summed E-state index contributed by atoms with van der Waals surface area (Å²) in [6, 6.07) is 0.842. The standard InChI is InChI=1S/C15H28N2O/c1-14(18)6-5-9-16-12-7-15(8-13-16)17-10-3-2-4-11-17/h15H,2-13H2,1H3. The summed E-state index contributed by atoms with van der Waals surface area (Å²) in [5, 5.41) is 0. The van der Waals surface area contributed by atoms with Crippen LogP contribution in [0.15, 0.2) is 0 Å². The molecule has 0 aliphatic carbocycles. The molecular formula is C15H28N2O. The molecule has 2 heterocycles. The van der Waals surface area contributed by atoms with Crippen LogP contribution in [0.2, 0.25) is 0 Å². The Balaban J connectivity index is 1.63. The molecule has 0 aromatic rings. The summed E-state index contributed by atoms with van der Waals surface area (Å²) >= 11 is 0. The maximum absolute atomic E-state index is 10.9. The van der Waals surface area contributed by atoms with Gasteiger partial charge in [0.25, 0.3) is 0 Å². The summed E-state index contributed by atoms with van der Waals surface area (Å²) in [7, 11) is 0. The Morgan fingerprint density at radius 1 is 1.06 bits per heavy atom. The summed E-state index contributed by atoms with van der Waals surface area (Å²) in [4.78, 5) is 16.2. The van der Waals surface area contributed by atoms with Gasteiger partial charge >= 0.3 is 0 Å². The van der Waals surface area contributed by atoms with Crippen molar-refractivity contribution >= 4 is 5.78 Å². The van der Waals surface area contributed by atoms with Gasteiger partial charge in [0.15, 0.2) is 0 Å². The van der Waals surface area contributed by atoms with E-state index in [2.05, 4.69) is 9.80 Å². The second-order valence-electron chi connectivity index (χ2n) is 5.98. The molecule has 3 heteroatoms. The van der Waals surface area contributed by atoms with Gasteiger partial charge in [0.2, 0.25) is 0 Å². The number of Topliss-reactive ketones (excluding diaryl/α,β-unsaturated/α-hetero) is 1.